The van der Waals surface area contributed by atoms with Gasteiger partial charge >= 0.3 is 0 Å². The van der Waals surface area contributed by atoms with Crippen LogP contribution in [0.15, 0.2) is 42.5 Å². The zero-order chi connectivity index (χ0) is 28.2. The van der Waals surface area contributed by atoms with Crippen LogP contribution in [0, 0.1) is 0 Å². The summed E-state index contributed by atoms with van der Waals surface area (Å²) < 4.78 is 60.5. The topological polar surface area (TPSA) is 88.2 Å². The molecular weight excluding hydrogens is 422 g/mol. The van der Waals surface area contributed by atoms with Gasteiger partial charge in [0.15, 0.2) is 0 Å². The number of ether oxygens (including phenoxy) is 2. The first kappa shape index (κ1) is 15.6. The van der Waals surface area contributed by atoms with Crippen molar-refractivity contribution in [2.45, 2.75) is 38.4 Å². The van der Waals surface area contributed by atoms with Crippen LogP contribution in [0.1, 0.15) is 48.0 Å². The van der Waals surface area contributed by atoms with E-state index in [0.717, 1.165) is 23.6 Å². The summed E-state index contributed by atoms with van der Waals surface area (Å²) in [6.07, 6.45) is -6.08. The zero-order valence-electron chi connectivity index (χ0n) is 23.8. The number of benzene rings is 2. The molecule has 5 rings (SSSR count). The molecule has 0 bridgehead atoms. The Morgan fingerprint density at radius 3 is 2.64 bits per heavy atom. The van der Waals surface area contributed by atoms with Crippen molar-refractivity contribution in [1.82, 2.24) is 15.1 Å². The number of imide groups is 1. The molecule has 2 aromatic rings. The van der Waals surface area contributed by atoms with Gasteiger partial charge in [-0.25, -0.2) is 0 Å². The second-order valence-electron chi connectivity index (χ2n) is 8.00. The average Bonchev–Trinajstić information content (AvgIpc) is 3.21. The minimum Gasteiger partial charge on any atom is -0.489 e. The number of nitrogens with zero attached hydrogens (tertiary/aromatic N) is 2. The summed E-state index contributed by atoms with van der Waals surface area (Å²) in [7, 11) is 0. The van der Waals surface area contributed by atoms with Gasteiger partial charge in [-0.3, -0.25) is 24.6 Å². The Morgan fingerprint density at radius 1 is 1.09 bits per heavy atom. The second-order valence-corrected chi connectivity index (χ2v) is 8.00. The Kier molecular flexibility index (Phi) is 4.40. The van der Waals surface area contributed by atoms with Crippen molar-refractivity contribution in [1.29, 1.82) is 0 Å². The molecule has 33 heavy (non-hydrogen) atoms. The van der Waals surface area contributed by atoms with Crippen LogP contribution in [0.2, 0.25) is 0 Å². The highest BCUT2D eigenvalue weighted by atomic mass is 16.5. The monoisotopic (exact) mass is 455 g/mol. The number of carbonyl (C=O) groups excluding carboxylic acids is 3. The minimum atomic E-state index is -3.06. The zero-order valence-corrected chi connectivity index (χ0v) is 17.8. The molecule has 8 nitrogen and oxygen atoms in total. The Morgan fingerprint density at radius 2 is 1.85 bits per heavy atom. The number of rotatable bonds is 6. The number of piperidine rings is 1. The normalized spacial score (nSPS) is 27.3. The molecule has 3 amide bonds. The summed E-state index contributed by atoms with van der Waals surface area (Å²) in [5, 5.41) is 1.82. The number of hydrogen-bond donors (Lipinski definition) is 1. The summed E-state index contributed by atoms with van der Waals surface area (Å²) >= 11 is 0. The largest absolute Gasteiger partial charge is 0.489 e. The second kappa shape index (κ2) is 9.33. The third kappa shape index (κ3) is 4.62. The SMILES string of the molecule is [2H]C([2H])(Oc1cccc2c1CN([C@H]1C(=O)NC(=O)C([2H])([2H])C1([2H])[2H])C2=O)c1ccc(CN2CCOCC2)cc1. The van der Waals surface area contributed by atoms with Gasteiger partial charge < -0.3 is 14.4 Å². The number of amides is 3. The number of morpholine rings is 1. The quantitative estimate of drug-likeness (QED) is 0.669. The third-order valence-corrected chi connectivity index (χ3v) is 5.81. The van der Waals surface area contributed by atoms with Crippen LogP contribution in [0.3, 0.4) is 0 Å². The highest BCUT2D eigenvalue weighted by molar-refractivity contribution is 6.05. The highest BCUT2D eigenvalue weighted by Crippen LogP contribution is 2.34. The Labute approximate surface area is 200 Å². The fourth-order valence-corrected chi connectivity index (χ4v) is 4.07. The van der Waals surface area contributed by atoms with Crippen LogP contribution in [0.4, 0.5) is 0 Å². The summed E-state index contributed by atoms with van der Waals surface area (Å²) in [5.74, 6) is -3.26. The minimum absolute atomic E-state index is 0.0293. The molecule has 172 valence electrons. The molecule has 0 saturated carbocycles. The van der Waals surface area contributed by atoms with Gasteiger partial charge in [0.25, 0.3) is 5.91 Å². The van der Waals surface area contributed by atoms with Crippen LogP contribution in [0.5, 0.6) is 5.75 Å². The fraction of sp³-hybridized carbons (Fsp3) is 0.400. The molecule has 3 heterocycles. The van der Waals surface area contributed by atoms with E-state index in [9.17, 15) is 14.4 Å². The lowest BCUT2D eigenvalue weighted by Gasteiger charge is -2.29. The number of hydrogen-bond acceptors (Lipinski definition) is 6. The lowest BCUT2D eigenvalue weighted by Crippen LogP contribution is -2.52. The van der Waals surface area contributed by atoms with E-state index in [2.05, 4.69) is 4.90 Å². The van der Waals surface area contributed by atoms with Crippen molar-refractivity contribution < 1.29 is 32.1 Å². The van der Waals surface area contributed by atoms with Crippen molar-refractivity contribution >= 4 is 17.7 Å². The van der Waals surface area contributed by atoms with Crippen molar-refractivity contribution in [3.63, 3.8) is 0 Å². The number of fused-ring (bicyclic) bond motifs is 1. The molecule has 0 radical (unpaired) electrons. The first-order valence-corrected chi connectivity index (χ1v) is 10.7. The van der Waals surface area contributed by atoms with Gasteiger partial charge in [0.2, 0.25) is 11.8 Å². The molecule has 8 heteroatoms. The molecule has 3 aliphatic heterocycles. The Balaban J connectivity index is 1.36. The van der Waals surface area contributed by atoms with Gasteiger partial charge in [0, 0.05) is 42.6 Å². The van der Waals surface area contributed by atoms with E-state index < -0.39 is 43.1 Å². The maximum Gasteiger partial charge on any atom is 0.255 e. The number of nitrogens with one attached hydrogen (secondary N) is 1. The molecule has 1 atom stereocenters. The van der Waals surface area contributed by atoms with Crippen LogP contribution in [-0.4, -0.2) is 59.9 Å². The van der Waals surface area contributed by atoms with E-state index in [1.165, 1.54) is 18.2 Å². The molecule has 2 saturated heterocycles. The lowest BCUT2D eigenvalue weighted by atomic mass is 10.0. The molecule has 3 aliphatic rings. The van der Waals surface area contributed by atoms with Gasteiger partial charge in [-0.1, -0.05) is 30.3 Å². The molecule has 0 aliphatic carbocycles. The molecule has 0 spiro atoms. The van der Waals surface area contributed by atoms with Crippen LogP contribution in [-0.2, 0) is 34.0 Å². The van der Waals surface area contributed by atoms with E-state index >= 15 is 0 Å². The summed E-state index contributed by atoms with van der Waals surface area (Å²) in [4.78, 5) is 40.9. The molecule has 1 N–H and O–H groups in total. The summed E-state index contributed by atoms with van der Waals surface area (Å²) in [5.41, 5.74) is 1.57. The predicted octanol–water partition coefficient (Wildman–Crippen LogP) is 1.86. The molecule has 0 aromatic heterocycles. The fourth-order valence-electron chi connectivity index (χ4n) is 4.07. The summed E-state index contributed by atoms with van der Waals surface area (Å²) in [6.45, 7) is 1.10. The first-order valence-electron chi connectivity index (χ1n) is 13.7. The Bertz CT molecular complexity index is 1310. The van der Waals surface area contributed by atoms with E-state index in [-0.39, 0.29) is 29.0 Å². The maximum atomic E-state index is 13.2. The predicted molar refractivity (Wildman–Crippen MR) is 119 cm³/mol. The average molecular weight is 456 g/mol. The van der Waals surface area contributed by atoms with Crippen LogP contribution >= 0.6 is 0 Å². The first-order chi connectivity index (χ1) is 18.3. The van der Waals surface area contributed by atoms with E-state index in [4.69, 9.17) is 17.7 Å². The van der Waals surface area contributed by atoms with E-state index in [1.807, 2.05) is 17.4 Å². The molecule has 0 unspecified atom stereocenters. The lowest BCUT2D eigenvalue weighted by molar-refractivity contribution is -0.136. The molecule has 2 fully saturated rings. The number of carbonyl (C=O) groups is 3. The van der Waals surface area contributed by atoms with Crippen LogP contribution < -0.4 is 10.1 Å². The van der Waals surface area contributed by atoms with Gasteiger partial charge in [0.1, 0.15) is 18.4 Å². The molecular formula is C25H27N3O5. The Hall–Kier alpha value is -3.23. The van der Waals surface area contributed by atoms with E-state index in [1.54, 1.807) is 12.1 Å². The summed E-state index contributed by atoms with van der Waals surface area (Å²) in [6, 6.07) is 9.39. The third-order valence-electron chi connectivity index (χ3n) is 5.81. The van der Waals surface area contributed by atoms with Crippen molar-refractivity contribution in [3.8, 4) is 5.75 Å². The van der Waals surface area contributed by atoms with E-state index in [0.29, 0.717) is 19.8 Å². The molecule has 2 aromatic carbocycles. The van der Waals surface area contributed by atoms with Crippen LogP contribution in [0.25, 0.3) is 0 Å². The van der Waals surface area contributed by atoms with Gasteiger partial charge in [-0.2, -0.15) is 0 Å². The maximum absolute atomic E-state index is 13.2. The van der Waals surface area contributed by atoms with Crippen molar-refractivity contribution in [3.05, 3.63) is 64.7 Å². The smallest absolute Gasteiger partial charge is 0.255 e. The van der Waals surface area contributed by atoms with Crippen molar-refractivity contribution in [2.75, 3.05) is 26.3 Å². The van der Waals surface area contributed by atoms with Gasteiger partial charge in [-0.05, 0) is 29.6 Å². The van der Waals surface area contributed by atoms with Crippen molar-refractivity contribution in [2.24, 2.45) is 0 Å². The van der Waals surface area contributed by atoms with Gasteiger partial charge in [-0.15, -0.1) is 0 Å². The standard InChI is InChI=1S/C25H27N3O5/c29-23-9-8-21(24(30)26-23)28-15-20-19(25(28)31)2-1-3-22(20)33-16-18-6-4-17(5-7-18)14-27-10-12-32-13-11-27/h1-7,21H,8-16H2,(H,26,29,30)/t21-/m1/s1/i8D2,9D2,16D2. The highest BCUT2D eigenvalue weighted by Gasteiger charge is 2.40. The van der Waals surface area contributed by atoms with Gasteiger partial charge in [0.05, 0.1) is 22.5 Å².